The summed E-state index contributed by atoms with van der Waals surface area (Å²) in [6.45, 7) is 8.71. The Balaban J connectivity index is 1.73. The molecule has 0 saturated carbocycles. The van der Waals surface area contributed by atoms with Crippen molar-refractivity contribution in [2.75, 3.05) is 0 Å². The van der Waals surface area contributed by atoms with Gasteiger partial charge in [0.25, 0.3) is 5.91 Å². The summed E-state index contributed by atoms with van der Waals surface area (Å²) in [4.78, 5) is 12.7. The molecule has 2 heteroatoms. The standard InChI is InChI=1S/C24H29NO/c1-17(16-24(2,3)4)18-12-14-20(15-13-18)23(26)25-22-11-7-9-19-8-5-6-10-21(19)22/h5-6,8,10,12-16,22H,7,9,11H2,1-4H3,(H,25,26)/b17-16+. The van der Waals surface area contributed by atoms with Gasteiger partial charge >= 0.3 is 0 Å². The average molecular weight is 348 g/mol. The van der Waals surface area contributed by atoms with E-state index in [1.807, 2.05) is 24.3 Å². The summed E-state index contributed by atoms with van der Waals surface area (Å²) in [6, 6.07) is 16.5. The first-order chi connectivity index (χ1) is 12.3. The number of amides is 1. The molecule has 0 bridgehead atoms. The third-order valence-corrected chi connectivity index (χ3v) is 4.93. The van der Waals surface area contributed by atoms with Gasteiger partial charge in [-0.05, 0) is 66.0 Å². The van der Waals surface area contributed by atoms with Crippen molar-refractivity contribution in [3.8, 4) is 0 Å². The van der Waals surface area contributed by atoms with Gasteiger partial charge < -0.3 is 5.32 Å². The highest BCUT2D eigenvalue weighted by atomic mass is 16.1. The summed E-state index contributed by atoms with van der Waals surface area (Å²) in [5, 5.41) is 3.22. The van der Waals surface area contributed by atoms with Crippen LogP contribution in [0, 0.1) is 5.41 Å². The minimum atomic E-state index is 0.00991. The molecule has 1 N–H and O–H groups in total. The Kier molecular flexibility index (Phi) is 5.31. The average Bonchev–Trinajstić information content (AvgIpc) is 2.61. The fraction of sp³-hybridized carbons (Fsp3) is 0.375. The van der Waals surface area contributed by atoms with Crippen LogP contribution in [0.1, 0.15) is 73.6 Å². The first kappa shape index (κ1) is 18.4. The molecule has 1 amide bonds. The van der Waals surface area contributed by atoms with Crippen LogP contribution in [-0.4, -0.2) is 5.91 Å². The second-order valence-electron chi connectivity index (χ2n) is 8.39. The monoisotopic (exact) mass is 347 g/mol. The van der Waals surface area contributed by atoms with Crippen molar-refractivity contribution in [1.82, 2.24) is 5.32 Å². The van der Waals surface area contributed by atoms with E-state index in [0.29, 0.717) is 0 Å². The maximum atomic E-state index is 12.7. The molecular formula is C24H29NO. The van der Waals surface area contributed by atoms with Crippen molar-refractivity contribution in [1.29, 1.82) is 0 Å². The van der Waals surface area contributed by atoms with Crippen LogP contribution in [0.4, 0.5) is 0 Å². The summed E-state index contributed by atoms with van der Waals surface area (Å²) < 4.78 is 0. The zero-order valence-corrected chi connectivity index (χ0v) is 16.3. The van der Waals surface area contributed by atoms with Crippen LogP contribution in [0.3, 0.4) is 0 Å². The summed E-state index contributed by atoms with van der Waals surface area (Å²) in [7, 11) is 0. The maximum Gasteiger partial charge on any atom is 0.251 e. The Morgan fingerprint density at radius 1 is 1.04 bits per heavy atom. The molecule has 2 nitrogen and oxygen atoms in total. The van der Waals surface area contributed by atoms with E-state index in [9.17, 15) is 4.79 Å². The van der Waals surface area contributed by atoms with E-state index in [1.165, 1.54) is 22.3 Å². The third kappa shape index (κ3) is 4.43. The smallest absolute Gasteiger partial charge is 0.251 e. The van der Waals surface area contributed by atoms with Crippen LogP contribution in [0.25, 0.3) is 5.57 Å². The number of hydrogen-bond donors (Lipinski definition) is 1. The Hall–Kier alpha value is -2.35. The lowest BCUT2D eigenvalue weighted by Gasteiger charge is -2.26. The van der Waals surface area contributed by atoms with Crippen LogP contribution < -0.4 is 5.32 Å². The van der Waals surface area contributed by atoms with Gasteiger partial charge in [0.15, 0.2) is 0 Å². The molecule has 0 spiro atoms. The SMILES string of the molecule is C/C(=C\C(C)(C)C)c1ccc(C(=O)NC2CCCc3ccccc32)cc1. The van der Waals surface area contributed by atoms with Crippen LogP contribution in [0.2, 0.25) is 0 Å². The van der Waals surface area contributed by atoms with Gasteiger partial charge in [0.2, 0.25) is 0 Å². The molecule has 2 aromatic rings. The number of carbonyl (C=O) groups excluding carboxylic acids is 1. The first-order valence-corrected chi connectivity index (χ1v) is 9.52. The number of fused-ring (bicyclic) bond motifs is 1. The van der Waals surface area contributed by atoms with E-state index in [0.717, 1.165) is 24.8 Å². The fourth-order valence-corrected chi connectivity index (χ4v) is 3.76. The van der Waals surface area contributed by atoms with Crippen molar-refractivity contribution in [2.45, 2.75) is 53.0 Å². The summed E-state index contributed by atoms with van der Waals surface area (Å²) in [5.41, 5.74) is 5.91. The lowest BCUT2D eigenvalue weighted by Crippen LogP contribution is -2.30. The zero-order chi connectivity index (χ0) is 18.7. The van der Waals surface area contributed by atoms with Gasteiger partial charge in [0, 0.05) is 5.56 Å². The molecule has 0 radical (unpaired) electrons. The van der Waals surface area contributed by atoms with E-state index in [1.54, 1.807) is 0 Å². The van der Waals surface area contributed by atoms with Crippen LogP contribution in [-0.2, 0) is 6.42 Å². The Morgan fingerprint density at radius 2 is 1.69 bits per heavy atom. The third-order valence-electron chi connectivity index (χ3n) is 4.93. The van der Waals surface area contributed by atoms with Gasteiger partial charge in [-0.3, -0.25) is 4.79 Å². The number of nitrogens with one attached hydrogen (secondary N) is 1. The van der Waals surface area contributed by atoms with Gasteiger partial charge in [-0.25, -0.2) is 0 Å². The van der Waals surface area contributed by atoms with Gasteiger partial charge in [-0.2, -0.15) is 0 Å². The molecule has 0 heterocycles. The number of carbonyl (C=O) groups is 1. The van der Waals surface area contributed by atoms with Gasteiger partial charge in [0.1, 0.15) is 0 Å². The molecule has 0 fully saturated rings. The lowest BCUT2D eigenvalue weighted by molar-refractivity contribution is 0.0932. The van der Waals surface area contributed by atoms with Crippen LogP contribution in [0.15, 0.2) is 54.6 Å². The Bertz CT molecular complexity index is 809. The van der Waals surface area contributed by atoms with E-state index in [-0.39, 0.29) is 17.4 Å². The molecule has 1 aliphatic carbocycles. The van der Waals surface area contributed by atoms with Gasteiger partial charge in [-0.15, -0.1) is 0 Å². The number of hydrogen-bond acceptors (Lipinski definition) is 1. The summed E-state index contributed by atoms with van der Waals surface area (Å²) >= 11 is 0. The largest absolute Gasteiger partial charge is 0.345 e. The predicted molar refractivity (Wildman–Crippen MR) is 109 cm³/mol. The molecule has 1 aliphatic rings. The number of rotatable bonds is 3. The highest BCUT2D eigenvalue weighted by Crippen LogP contribution is 2.30. The molecular weight excluding hydrogens is 318 g/mol. The molecule has 26 heavy (non-hydrogen) atoms. The minimum absolute atomic E-state index is 0.00991. The molecule has 3 rings (SSSR count). The quantitative estimate of drug-likeness (QED) is 0.731. The highest BCUT2D eigenvalue weighted by Gasteiger charge is 2.21. The van der Waals surface area contributed by atoms with Crippen molar-refractivity contribution < 1.29 is 4.79 Å². The highest BCUT2D eigenvalue weighted by molar-refractivity contribution is 5.94. The van der Waals surface area contributed by atoms with E-state index in [4.69, 9.17) is 0 Å². The molecule has 2 aromatic carbocycles. The molecule has 1 atom stereocenters. The zero-order valence-electron chi connectivity index (χ0n) is 16.3. The predicted octanol–water partition coefficient (Wildman–Crippen LogP) is 5.94. The lowest BCUT2D eigenvalue weighted by atomic mass is 9.87. The summed E-state index contributed by atoms with van der Waals surface area (Å²) in [6.07, 6.45) is 5.50. The Labute approximate surface area is 157 Å². The molecule has 0 aromatic heterocycles. The Morgan fingerprint density at radius 3 is 2.38 bits per heavy atom. The molecule has 0 saturated heterocycles. The number of aryl methyl sites for hydroxylation is 1. The van der Waals surface area contributed by atoms with Gasteiger partial charge in [0.05, 0.1) is 6.04 Å². The van der Waals surface area contributed by atoms with E-state index >= 15 is 0 Å². The van der Waals surface area contributed by atoms with Crippen LogP contribution in [0.5, 0.6) is 0 Å². The molecule has 136 valence electrons. The van der Waals surface area contributed by atoms with E-state index < -0.39 is 0 Å². The second-order valence-corrected chi connectivity index (χ2v) is 8.39. The topological polar surface area (TPSA) is 29.1 Å². The van der Waals surface area contributed by atoms with Crippen molar-refractivity contribution >= 4 is 11.5 Å². The van der Waals surface area contributed by atoms with Crippen molar-refractivity contribution in [3.63, 3.8) is 0 Å². The first-order valence-electron chi connectivity index (χ1n) is 9.52. The van der Waals surface area contributed by atoms with Gasteiger partial charge in [-0.1, -0.05) is 63.2 Å². The fourth-order valence-electron chi connectivity index (χ4n) is 3.76. The summed E-state index contributed by atoms with van der Waals surface area (Å²) in [5.74, 6) is 0.00991. The van der Waals surface area contributed by atoms with Crippen molar-refractivity contribution in [2.24, 2.45) is 5.41 Å². The molecule has 1 unspecified atom stereocenters. The number of benzene rings is 2. The molecule has 0 aliphatic heterocycles. The van der Waals surface area contributed by atoms with Crippen molar-refractivity contribution in [3.05, 3.63) is 76.9 Å². The second kappa shape index (κ2) is 7.49. The minimum Gasteiger partial charge on any atom is -0.345 e. The normalized spacial score (nSPS) is 17.5. The van der Waals surface area contributed by atoms with E-state index in [2.05, 4.69) is 63.4 Å². The van der Waals surface area contributed by atoms with Crippen LogP contribution >= 0.6 is 0 Å². The number of allylic oxidation sites excluding steroid dienone is 2. The maximum absolute atomic E-state index is 12.7.